The van der Waals surface area contributed by atoms with Gasteiger partial charge in [0.1, 0.15) is 17.8 Å². The Kier molecular flexibility index (Phi) is 4.58. The first-order valence-electron chi connectivity index (χ1n) is 9.03. The molecule has 2 fully saturated rings. The summed E-state index contributed by atoms with van der Waals surface area (Å²) < 4.78 is 7.35. The third-order valence-electron chi connectivity index (χ3n) is 5.21. The lowest BCUT2D eigenvalue weighted by molar-refractivity contribution is 0.0940. The molecule has 1 aliphatic heterocycles. The van der Waals surface area contributed by atoms with Gasteiger partial charge in [0.2, 0.25) is 0 Å². The first-order valence-corrected chi connectivity index (χ1v) is 9.03. The van der Waals surface area contributed by atoms with Crippen LogP contribution < -0.4 is 10.2 Å². The Balaban J connectivity index is 1.42. The number of anilines is 1. The molecular weight excluding hydrogens is 332 g/mol. The van der Waals surface area contributed by atoms with Crippen molar-refractivity contribution in [2.75, 3.05) is 25.1 Å². The Hall–Kier alpha value is -2.48. The normalized spacial score (nSPS) is 22.6. The summed E-state index contributed by atoms with van der Waals surface area (Å²) in [7, 11) is 3.62. The van der Waals surface area contributed by atoms with Gasteiger partial charge in [-0.2, -0.15) is 5.10 Å². The maximum absolute atomic E-state index is 12.5. The van der Waals surface area contributed by atoms with Gasteiger partial charge in [-0.3, -0.25) is 9.48 Å². The minimum atomic E-state index is -0.129. The van der Waals surface area contributed by atoms with Crippen molar-refractivity contribution in [1.29, 1.82) is 0 Å². The van der Waals surface area contributed by atoms with Gasteiger partial charge in [-0.25, -0.2) is 9.97 Å². The number of carbonyl (C=O) groups excluding carboxylic acids is 1. The monoisotopic (exact) mass is 356 g/mol. The van der Waals surface area contributed by atoms with E-state index >= 15 is 0 Å². The molecule has 0 spiro atoms. The molecule has 26 heavy (non-hydrogen) atoms. The average Bonchev–Trinajstić information content (AvgIpc) is 3.30. The quantitative estimate of drug-likeness (QED) is 0.835. The molecular formula is C18H24N6O2. The topological polar surface area (TPSA) is 85.2 Å². The Morgan fingerprint density at radius 3 is 2.96 bits per heavy atom. The second kappa shape index (κ2) is 7.03. The van der Waals surface area contributed by atoms with Crippen molar-refractivity contribution in [3.8, 4) is 0 Å². The number of amides is 1. The van der Waals surface area contributed by atoms with Gasteiger partial charge >= 0.3 is 0 Å². The number of ether oxygens (including phenoxy) is 1. The molecule has 2 aromatic heterocycles. The minimum absolute atomic E-state index is 0.128. The van der Waals surface area contributed by atoms with Crippen molar-refractivity contribution in [2.45, 2.75) is 37.3 Å². The van der Waals surface area contributed by atoms with Crippen LogP contribution in [0.4, 0.5) is 5.82 Å². The fraction of sp³-hybridized carbons (Fsp3) is 0.556. The maximum Gasteiger partial charge on any atom is 0.271 e. The van der Waals surface area contributed by atoms with Gasteiger partial charge in [-0.15, -0.1) is 0 Å². The van der Waals surface area contributed by atoms with Crippen LogP contribution in [0.3, 0.4) is 0 Å². The molecule has 2 aromatic rings. The molecule has 1 amide bonds. The summed E-state index contributed by atoms with van der Waals surface area (Å²) in [6.45, 7) is 1.28. The average molecular weight is 356 g/mol. The zero-order chi connectivity index (χ0) is 18.1. The number of aromatic nitrogens is 4. The Labute approximate surface area is 152 Å². The van der Waals surface area contributed by atoms with Gasteiger partial charge in [-0.05, 0) is 31.4 Å². The molecule has 0 unspecified atom stereocenters. The summed E-state index contributed by atoms with van der Waals surface area (Å²) in [4.78, 5) is 23.0. The highest BCUT2D eigenvalue weighted by Crippen LogP contribution is 2.39. The summed E-state index contributed by atoms with van der Waals surface area (Å²) in [5.74, 6) is 1.29. The van der Waals surface area contributed by atoms with Gasteiger partial charge in [-0.1, -0.05) is 0 Å². The summed E-state index contributed by atoms with van der Waals surface area (Å²) >= 11 is 0. The van der Waals surface area contributed by atoms with Gasteiger partial charge in [0.25, 0.3) is 5.91 Å². The first kappa shape index (κ1) is 17.0. The van der Waals surface area contributed by atoms with E-state index in [1.807, 2.05) is 23.9 Å². The number of methoxy groups -OCH3 is 1. The van der Waals surface area contributed by atoms with Gasteiger partial charge in [0.05, 0.1) is 12.1 Å². The van der Waals surface area contributed by atoms with E-state index in [9.17, 15) is 4.79 Å². The van der Waals surface area contributed by atoms with E-state index < -0.39 is 0 Å². The molecule has 8 nitrogen and oxygen atoms in total. The van der Waals surface area contributed by atoms with E-state index in [2.05, 4.69) is 25.3 Å². The van der Waals surface area contributed by atoms with Crippen molar-refractivity contribution < 1.29 is 9.53 Å². The van der Waals surface area contributed by atoms with Gasteiger partial charge < -0.3 is 15.0 Å². The van der Waals surface area contributed by atoms with E-state index in [1.54, 1.807) is 19.6 Å². The van der Waals surface area contributed by atoms with Crippen LogP contribution in [0.1, 0.15) is 41.4 Å². The molecule has 3 heterocycles. The molecule has 8 heteroatoms. The van der Waals surface area contributed by atoms with Crippen LogP contribution >= 0.6 is 0 Å². The molecule has 138 valence electrons. The summed E-state index contributed by atoms with van der Waals surface area (Å²) in [6.07, 6.45) is 6.62. The van der Waals surface area contributed by atoms with Crippen LogP contribution in [0.2, 0.25) is 0 Å². The highest BCUT2D eigenvalue weighted by atomic mass is 16.5. The van der Waals surface area contributed by atoms with E-state index in [-0.39, 0.29) is 18.1 Å². The SMILES string of the molecule is CO[C@@H]1C[C@H](CNC(=O)c2cc(C3CC3)n(C)n2)N(c2ccncn2)C1. The molecule has 2 atom stereocenters. The number of carbonyl (C=O) groups is 1. The first-order chi connectivity index (χ1) is 12.7. The molecule has 4 rings (SSSR count). The predicted octanol–water partition coefficient (Wildman–Crippen LogP) is 1.11. The van der Waals surface area contributed by atoms with Crippen molar-refractivity contribution >= 4 is 11.7 Å². The molecule has 1 saturated carbocycles. The molecule has 1 N–H and O–H groups in total. The zero-order valence-electron chi connectivity index (χ0n) is 15.1. The van der Waals surface area contributed by atoms with Crippen molar-refractivity contribution in [2.24, 2.45) is 7.05 Å². The van der Waals surface area contributed by atoms with Crippen LogP contribution in [0.15, 0.2) is 24.7 Å². The molecule has 0 bridgehead atoms. The standard InChI is InChI=1S/C18H24N6O2/c1-23-16(12-3-4-12)8-15(22-23)18(25)20-9-13-7-14(26-2)10-24(13)17-5-6-19-11-21-17/h5-6,8,11-14H,3-4,7,9-10H2,1-2H3,(H,20,25)/t13-,14-/m1/s1. The van der Waals surface area contributed by atoms with E-state index in [0.717, 1.165) is 24.5 Å². The summed E-state index contributed by atoms with van der Waals surface area (Å²) in [5.41, 5.74) is 1.64. The maximum atomic E-state index is 12.5. The highest BCUT2D eigenvalue weighted by molar-refractivity contribution is 5.92. The van der Waals surface area contributed by atoms with Gasteiger partial charge in [0, 0.05) is 45.1 Å². The lowest BCUT2D eigenvalue weighted by Gasteiger charge is -2.25. The number of nitrogens with one attached hydrogen (secondary N) is 1. The number of rotatable bonds is 6. The molecule has 1 saturated heterocycles. The lowest BCUT2D eigenvalue weighted by atomic mass is 10.2. The van der Waals surface area contributed by atoms with Crippen molar-refractivity contribution in [3.05, 3.63) is 36.0 Å². The fourth-order valence-electron chi connectivity index (χ4n) is 3.63. The molecule has 0 aromatic carbocycles. The van der Waals surface area contributed by atoms with Crippen LogP contribution in [0.25, 0.3) is 0 Å². The van der Waals surface area contributed by atoms with Crippen LogP contribution in [-0.2, 0) is 11.8 Å². The summed E-state index contributed by atoms with van der Waals surface area (Å²) in [5, 5.41) is 7.40. The van der Waals surface area contributed by atoms with Crippen LogP contribution in [-0.4, -0.2) is 58.0 Å². The Morgan fingerprint density at radius 2 is 2.27 bits per heavy atom. The smallest absolute Gasteiger partial charge is 0.271 e. The largest absolute Gasteiger partial charge is 0.380 e. The number of hydrogen-bond acceptors (Lipinski definition) is 6. The van der Waals surface area contributed by atoms with Crippen LogP contribution in [0, 0.1) is 0 Å². The lowest BCUT2D eigenvalue weighted by Crippen LogP contribution is -2.40. The highest BCUT2D eigenvalue weighted by Gasteiger charge is 2.33. The van der Waals surface area contributed by atoms with Gasteiger partial charge in [0.15, 0.2) is 0 Å². The van der Waals surface area contributed by atoms with E-state index in [4.69, 9.17) is 4.74 Å². The third kappa shape index (κ3) is 3.41. The number of nitrogens with zero attached hydrogens (tertiary/aromatic N) is 5. The Bertz CT molecular complexity index is 773. The predicted molar refractivity (Wildman–Crippen MR) is 96.1 cm³/mol. The number of aryl methyl sites for hydroxylation is 1. The second-order valence-corrected chi connectivity index (χ2v) is 7.03. The van der Waals surface area contributed by atoms with E-state index in [0.29, 0.717) is 18.2 Å². The van der Waals surface area contributed by atoms with E-state index in [1.165, 1.54) is 12.8 Å². The minimum Gasteiger partial charge on any atom is -0.380 e. The third-order valence-corrected chi connectivity index (χ3v) is 5.21. The van der Waals surface area contributed by atoms with Crippen molar-refractivity contribution in [1.82, 2.24) is 25.1 Å². The second-order valence-electron chi connectivity index (χ2n) is 7.03. The molecule has 0 radical (unpaired) electrons. The zero-order valence-corrected chi connectivity index (χ0v) is 15.1. The van der Waals surface area contributed by atoms with Crippen molar-refractivity contribution in [3.63, 3.8) is 0 Å². The number of hydrogen-bond donors (Lipinski definition) is 1. The molecule has 2 aliphatic rings. The summed E-state index contributed by atoms with van der Waals surface area (Å²) in [6, 6.07) is 3.93. The molecule has 1 aliphatic carbocycles. The Morgan fingerprint density at radius 1 is 1.42 bits per heavy atom. The fourth-order valence-corrected chi connectivity index (χ4v) is 3.63. The van der Waals surface area contributed by atoms with Crippen LogP contribution in [0.5, 0.6) is 0 Å².